The number of anilines is 1. The number of aryl methyl sites for hydroxylation is 2. The molecule has 0 aliphatic carbocycles. The minimum atomic E-state index is -3.90. The number of aromatic hydroxyl groups is 1. The maximum atomic E-state index is 13.4. The molecule has 1 heterocycles. The van der Waals surface area contributed by atoms with Crippen LogP contribution in [0.2, 0.25) is 0 Å². The molecule has 0 bridgehead atoms. The zero-order valence-electron chi connectivity index (χ0n) is 22.1. The standard InChI is InChI=1S/C31H27N3O5S/c1-20-11-14-24(17-21(20)2)34-30(35)28-10-5-4-9-27(28)29(31(34)36)19-32-23-7-6-8-26(18-23)40(37,38)33-22-12-15-25(39-3)16-13-22/h4-19,33,36H,1-3H3. The summed E-state index contributed by atoms with van der Waals surface area (Å²) in [6, 6.07) is 25.2. The lowest BCUT2D eigenvalue weighted by Gasteiger charge is -2.15. The molecule has 0 saturated heterocycles. The second kappa shape index (κ2) is 10.7. The molecule has 0 saturated carbocycles. The Morgan fingerprint density at radius 3 is 2.30 bits per heavy atom. The van der Waals surface area contributed by atoms with Gasteiger partial charge in [0.2, 0.25) is 5.88 Å². The van der Waals surface area contributed by atoms with E-state index in [9.17, 15) is 18.3 Å². The van der Waals surface area contributed by atoms with Crippen molar-refractivity contribution in [2.24, 2.45) is 4.99 Å². The number of hydrogen-bond acceptors (Lipinski definition) is 6. The number of pyridine rings is 1. The fourth-order valence-corrected chi connectivity index (χ4v) is 5.43. The van der Waals surface area contributed by atoms with E-state index in [0.29, 0.717) is 39.1 Å². The molecule has 2 N–H and O–H groups in total. The predicted molar refractivity (Wildman–Crippen MR) is 158 cm³/mol. The number of sulfonamides is 1. The first-order valence-electron chi connectivity index (χ1n) is 12.4. The highest BCUT2D eigenvalue weighted by molar-refractivity contribution is 7.92. The molecule has 1 aromatic heterocycles. The van der Waals surface area contributed by atoms with Crippen LogP contribution in [0.1, 0.15) is 16.7 Å². The molecule has 40 heavy (non-hydrogen) atoms. The molecule has 5 rings (SSSR count). The van der Waals surface area contributed by atoms with Gasteiger partial charge in [0.05, 0.1) is 28.9 Å². The van der Waals surface area contributed by atoms with Gasteiger partial charge in [-0.15, -0.1) is 0 Å². The van der Waals surface area contributed by atoms with Gasteiger partial charge in [-0.1, -0.05) is 30.3 Å². The molecule has 0 spiro atoms. The van der Waals surface area contributed by atoms with E-state index in [2.05, 4.69) is 9.71 Å². The van der Waals surface area contributed by atoms with Crippen molar-refractivity contribution in [2.75, 3.05) is 11.8 Å². The maximum Gasteiger partial charge on any atom is 0.265 e. The van der Waals surface area contributed by atoms with Crippen LogP contribution in [0.5, 0.6) is 11.6 Å². The average molecular weight is 554 g/mol. The molecule has 0 unspecified atom stereocenters. The number of nitrogens with one attached hydrogen (secondary N) is 1. The lowest BCUT2D eigenvalue weighted by molar-refractivity contribution is 0.415. The molecular formula is C31H27N3O5S. The fraction of sp³-hybridized carbons (Fsp3) is 0.0968. The van der Waals surface area contributed by atoms with Crippen LogP contribution in [0.15, 0.2) is 106 Å². The van der Waals surface area contributed by atoms with Gasteiger partial charge in [-0.25, -0.2) is 13.0 Å². The van der Waals surface area contributed by atoms with Crippen molar-refractivity contribution in [3.05, 3.63) is 118 Å². The zero-order chi connectivity index (χ0) is 28.4. The number of hydrogen-bond donors (Lipinski definition) is 2. The molecule has 0 aliphatic heterocycles. The normalized spacial score (nSPS) is 11.7. The van der Waals surface area contributed by atoms with Crippen molar-refractivity contribution < 1.29 is 18.3 Å². The third-order valence-corrected chi connectivity index (χ3v) is 8.04. The van der Waals surface area contributed by atoms with E-state index < -0.39 is 10.0 Å². The molecule has 0 aliphatic rings. The first-order valence-corrected chi connectivity index (χ1v) is 13.9. The van der Waals surface area contributed by atoms with Gasteiger partial charge in [0.1, 0.15) is 5.75 Å². The molecule has 0 amide bonds. The number of methoxy groups -OCH3 is 1. The molecule has 8 nitrogen and oxygen atoms in total. The third kappa shape index (κ3) is 5.19. The van der Waals surface area contributed by atoms with Crippen LogP contribution in [0, 0.1) is 13.8 Å². The Hall–Kier alpha value is -4.89. The van der Waals surface area contributed by atoms with E-state index in [0.717, 1.165) is 11.1 Å². The first-order chi connectivity index (χ1) is 19.2. The predicted octanol–water partition coefficient (Wildman–Crippen LogP) is 5.87. The highest BCUT2D eigenvalue weighted by atomic mass is 32.2. The van der Waals surface area contributed by atoms with Gasteiger partial charge in [0.25, 0.3) is 15.6 Å². The van der Waals surface area contributed by atoms with Gasteiger partial charge in [0.15, 0.2) is 0 Å². The van der Waals surface area contributed by atoms with Gasteiger partial charge in [0, 0.05) is 22.7 Å². The van der Waals surface area contributed by atoms with Crippen molar-refractivity contribution in [3.63, 3.8) is 0 Å². The monoisotopic (exact) mass is 553 g/mol. The van der Waals surface area contributed by atoms with Gasteiger partial charge in [-0.3, -0.25) is 14.5 Å². The maximum absolute atomic E-state index is 13.4. The van der Waals surface area contributed by atoms with Crippen LogP contribution in [0.4, 0.5) is 11.4 Å². The highest BCUT2D eigenvalue weighted by Gasteiger charge is 2.18. The number of aliphatic imine (C=N–C) groups is 1. The van der Waals surface area contributed by atoms with Crippen LogP contribution >= 0.6 is 0 Å². The number of benzene rings is 4. The summed E-state index contributed by atoms with van der Waals surface area (Å²) in [6.07, 6.45) is 1.44. The van der Waals surface area contributed by atoms with Crippen LogP contribution in [-0.4, -0.2) is 31.4 Å². The minimum absolute atomic E-state index is 0.0205. The van der Waals surface area contributed by atoms with Crippen LogP contribution in [-0.2, 0) is 10.0 Å². The summed E-state index contributed by atoms with van der Waals surface area (Å²) in [5.74, 6) is 0.347. The number of aromatic nitrogens is 1. The van der Waals surface area contributed by atoms with E-state index in [1.54, 1.807) is 66.7 Å². The summed E-state index contributed by atoms with van der Waals surface area (Å²) in [6.45, 7) is 3.91. The molecule has 4 aromatic carbocycles. The number of rotatable bonds is 7. The quantitative estimate of drug-likeness (QED) is 0.245. The van der Waals surface area contributed by atoms with E-state index in [1.165, 1.54) is 30.0 Å². The Labute approximate surface area is 231 Å². The Bertz CT molecular complexity index is 1930. The number of fused-ring (bicyclic) bond motifs is 1. The fourth-order valence-electron chi connectivity index (χ4n) is 4.34. The van der Waals surface area contributed by atoms with Crippen molar-refractivity contribution in [1.29, 1.82) is 0 Å². The minimum Gasteiger partial charge on any atom is -0.497 e. The first kappa shape index (κ1) is 26.7. The van der Waals surface area contributed by atoms with Crippen molar-refractivity contribution in [1.82, 2.24) is 4.57 Å². The number of ether oxygens (including phenoxy) is 1. The average Bonchev–Trinajstić information content (AvgIpc) is 2.95. The molecule has 0 atom stereocenters. The van der Waals surface area contributed by atoms with E-state index in [-0.39, 0.29) is 16.3 Å². The van der Waals surface area contributed by atoms with Crippen molar-refractivity contribution >= 4 is 38.4 Å². The van der Waals surface area contributed by atoms with Gasteiger partial charge >= 0.3 is 0 Å². The largest absolute Gasteiger partial charge is 0.497 e. The molecule has 5 aromatic rings. The van der Waals surface area contributed by atoms with E-state index in [4.69, 9.17) is 4.74 Å². The molecular weight excluding hydrogens is 526 g/mol. The van der Waals surface area contributed by atoms with Crippen molar-refractivity contribution in [2.45, 2.75) is 18.7 Å². The SMILES string of the molecule is COc1ccc(NS(=O)(=O)c2cccc(N=Cc3c(O)n(-c4ccc(C)c(C)c4)c(=O)c4ccccc34)c2)cc1. The van der Waals surface area contributed by atoms with Gasteiger partial charge < -0.3 is 9.84 Å². The van der Waals surface area contributed by atoms with Crippen LogP contribution in [0.25, 0.3) is 16.5 Å². The number of nitrogens with zero attached hydrogens (tertiary/aromatic N) is 2. The summed E-state index contributed by atoms with van der Waals surface area (Å²) >= 11 is 0. The highest BCUT2D eigenvalue weighted by Crippen LogP contribution is 2.28. The van der Waals surface area contributed by atoms with E-state index in [1.807, 2.05) is 26.0 Å². The Balaban J connectivity index is 1.55. The van der Waals surface area contributed by atoms with Gasteiger partial charge in [-0.05, 0) is 85.6 Å². The van der Waals surface area contributed by atoms with Crippen LogP contribution < -0.4 is 15.0 Å². The molecule has 0 fully saturated rings. The summed E-state index contributed by atoms with van der Waals surface area (Å²) < 4.78 is 35.0. The molecule has 9 heteroatoms. The summed E-state index contributed by atoms with van der Waals surface area (Å²) in [5, 5.41) is 12.2. The lowest BCUT2D eigenvalue weighted by atomic mass is 10.1. The molecule has 0 radical (unpaired) electrons. The Kier molecular flexibility index (Phi) is 7.15. The smallest absolute Gasteiger partial charge is 0.265 e. The lowest BCUT2D eigenvalue weighted by Crippen LogP contribution is -2.20. The van der Waals surface area contributed by atoms with E-state index >= 15 is 0 Å². The zero-order valence-corrected chi connectivity index (χ0v) is 22.9. The van der Waals surface area contributed by atoms with Crippen LogP contribution in [0.3, 0.4) is 0 Å². The Morgan fingerprint density at radius 1 is 0.875 bits per heavy atom. The van der Waals surface area contributed by atoms with Crippen molar-refractivity contribution in [3.8, 4) is 17.3 Å². The second-order valence-corrected chi connectivity index (χ2v) is 11.0. The third-order valence-electron chi connectivity index (χ3n) is 6.67. The Morgan fingerprint density at radius 2 is 1.60 bits per heavy atom. The summed E-state index contributed by atoms with van der Waals surface area (Å²) in [7, 11) is -2.36. The summed E-state index contributed by atoms with van der Waals surface area (Å²) in [4.78, 5) is 17.9. The summed E-state index contributed by atoms with van der Waals surface area (Å²) in [5.41, 5.74) is 3.29. The second-order valence-electron chi connectivity index (χ2n) is 9.28. The van der Waals surface area contributed by atoms with Gasteiger partial charge in [-0.2, -0.15) is 0 Å². The topological polar surface area (TPSA) is 110 Å². The molecule has 202 valence electrons.